The summed E-state index contributed by atoms with van der Waals surface area (Å²) in [5, 5.41) is 1.26. The number of aromatic nitrogens is 3. The average molecular weight is 379 g/mol. The molecule has 0 radical (unpaired) electrons. The maximum absolute atomic E-state index is 6.22. The van der Waals surface area contributed by atoms with Gasteiger partial charge in [0.1, 0.15) is 6.73 Å². The van der Waals surface area contributed by atoms with Crippen molar-refractivity contribution in [3.63, 3.8) is 0 Å². The molecular weight excluding hydrogens is 356 g/mol. The second-order valence-electron chi connectivity index (χ2n) is 6.80. The summed E-state index contributed by atoms with van der Waals surface area (Å²) in [6.07, 6.45) is 10.5. The van der Waals surface area contributed by atoms with Gasteiger partial charge in [0.05, 0.1) is 23.5 Å². The number of anilines is 1. The van der Waals surface area contributed by atoms with Gasteiger partial charge in [0.25, 0.3) is 0 Å². The molecule has 0 atom stereocenters. The summed E-state index contributed by atoms with van der Waals surface area (Å²) in [7, 11) is -0.562. The maximum atomic E-state index is 6.22. The third-order valence-corrected chi connectivity index (χ3v) is 5.48. The van der Waals surface area contributed by atoms with Crippen LogP contribution in [0.4, 0.5) is 5.69 Å². The van der Waals surface area contributed by atoms with Crippen molar-refractivity contribution >= 4 is 38.2 Å². The SMILES string of the molecule is CS(C)(C)CCOCn1cc(-c2ccnc(Cl)n2)c2cccc(N)c21. The van der Waals surface area contributed by atoms with Crippen LogP contribution in [0.2, 0.25) is 5.28 Å². The highest BCUT2D eigenvalue weighted by Gasteiger charge is 2.14. The van der Waals surface area contributed by atoms with Gasteiger partial charge in [-0.1, -0.05) is 12.1 Å². The molecule has 0 saturated carbocycles. The van der Waals surface area contributed by atoms with E-state index in [9.17, 15) is 0 Å². The molecule has 0 aliphatic carbocycles. The molecule has 7 heteroatoms. The number of hydrogen-bond acceptors (Lipinski definition) is 4. The summed E-state index contributed by atoms with van der Waals surface area (Å²) in [6, 6.07) is 7.72. The molecule has 134 valence electrons. The van der Waals surface area contributed by atoms with Crippen LogP contribution < -0.4 is 5.73 Å². The molecule has 0 amide bonds. The summed E-state index contributed by atoms with van der Waals surface area (Å²) in [4.78, 5) is 8.28. The molecule has 3 aromatic rings. The van der Waals surface area contributed by atoms with Gasteiger partial charge in [-0.2, -0.15) is 0 Å². The van der Waals surface area contributed by atoms with Crippen LogP contribution in [0.15, 0.2) is 36.7 Å². The molecule has 5 nitrogen and oxygen atoms in total. The Bertz CT molecular complexity index is 888. The van der Waals surface area contributed by atoms with Crippen molar-refractivity contribution in [2.75, 3.05) is 36.9 Å². The fourth-order valence-corrected chi connectivity index (χ4v) is 3.42. The predicted octanol–water partition coefficient (Wildman–Crippen LogP) is 4.00. The van der Waals surface area contributed by atoms with Gasteiger partial charge < -0.3 is 15.0 Å². The minimum absolute atomic E-state index is 0.228. The largest absolute Gasteiger partial charge is 0.397 e. The average Bonchev–Trinajstić information content (AvgIpc) is 2.91. The molecule has 0 aliphatic heterocycles. The molecule has 3 rings (SSSR count). The van der Waals surface area contributed by atoms with E-state index in [4.69, 9.17) is 22.1 Å². The Morgan fingerprint density at radius 1 is 1.24 bits per heavy atom. The third kappa shape index (κ3) is 4.26. The number of para-hydroxylation sites is 1. The lowest BCUT2D eigenvalue weighted by Gasteiger charge is -2.24. The van der Waals surface area contributed by atoms with Crippen LogP contribution in [-0.4, -0.2) is 45.7 Å². The molecule has 0 aliphatic rings. The van der Waals surface area contributed by atoms with Gasteiger partial charge in [-0.15, -0.1) is 0 Å². The number of nitrogen functional groups attached to an aromatic ring is 1. The molecular formula is C18H23ClN4OS. The van der Waals surface area contributed by atoms with Crippen LogP contribution >= 0.6 is 21.6 Å². The van der Waals surface area contributed by atoms with Crippen LogP contribution in [0.5, 0.6) is 0 Å². The molecule has 25 heavy (non-hydrogen) atoms. The highest BCUT2D eigenvalue weighted by atomic mass is 35.5. The van der Waals surface area contributed by atoms with Crippen molar-refractivity contribution in [3.8, 4) is 11.3 Å². The van der Waals surface area contributed by atoms with E-state index in [0.717, 1.165) is 34.5 Å². The first-order chi connectivity index (χ1) is 11.8. The maximum Gasteiger partial charge on any atom is 0.222 e. The highest BCUT2D eigenvalue weighted by molar-refractivity contribution is 8.32. The van der Waals surface area contributed by atoms with E-state index >= 15 is 0 Å². The van der Waals surface area contributed by atoms with Gasteiger partial charge in [-0.3, -0.25) is 0 Å². The zero-order valence-electron chi connectivity index (χ0n) is 14.7. The lowest BCUT2D eigenvalue weighted by Crippen LogP contribution is -2.09. The van der Waals surface area contributed by atoms with Crippen LogP contribution in [0.25, 0.3) is 22.2 Å². The smallest absolute Gasteiger partial charge is 0.222 e. The van der Waals surface area contributed by atoms with E-state index in [1.807, 2.05) is 35.0 Å². The van der Waals surface area contributed by atoms with Gasteiger partial charge in [0, 0.05) is 29.1 Å². The Morgan fingerprint density at radius 3 is 2.76 bits per heavy atom. The summed E-state index contributed by atoms with van der Waals surface area (Å²) >= 11 is 5.95. The Morgan fingerprint density at radius 2 is 2.04 bits per heavy atom. The van der Waals surface area contributed by atoms with E-state index < -0.39 is 10.0 Å². The first-order valence-corrected chi connectivity index (χ1v) is 11.4. The normalized spacial score (nSPS) is 12.6. The van der Waals surface area contributed by atoms with Gasteiger partial charge in [0.15, 0.2) is 0 Å². The Balaban J connectivity index is 1.93. The summed E-state index contributed by atoms with van der Waals surface area (Å²) in [5.41, 5.74) is 9.63. The molecule has 2 N–H and O–H groups in total. The quantitative estimate of drug-likeness (QED) is 0.400. The van der Waals surface area contributed by atoms with Gasteiger partial charge in [-0.25, -0.2) is 20.0 Å². The van der Waals surface area contributed by atoms with Crippen molar-refractivity contribution < 1.29 is 4.74 Å². The van der Waals surface area contributed by atoms with Crippen molar-refractivity contribution in [3.05, 3.63) is 41.9 Å². The zero-order valence-corrected chi connectivity index (χ0v) is 16.3. The van der Waals surface area contributed by atoms with Gasteiger partial charge in [0.2, 0.25) is 5.28 Å². The summed E-state index contributed by atoms with van der Waals surface area (Å²) in [6.45, 7) is 1.19. The van der Waals surface area contributed by atoms with Crippen molar-refractivity contribution in [2.45, 2.75) is 6.73 Å². The van der Waals surface area contributed by atoms with Crippen molar-refractivity contribution in [1.29, 1.82) is 0 Å². The van der Waals surface area contributed by atoms with E-state index in [0.29, 0.717) is 12.4 Å². The van der Waals surface area contributed by atoms with Gasteiger partial charge in [-0.05, 0) is 42.5 Å². The van der Waals surface area contributed by atoms with Crippen molar-refractivity contribution in [2.24, 2.45) is 0 Å². The molecule has 0 spiro atoms. The first kappa shape index (κ1) is 18.0. The number of ether oxygens (including phenoxy) is 1. The summed E-state index contributed by atoms with van der Waals surface area (Å²) in [5.74, 6) is 1.08. The second-order valence-corrected chi connectivity index (χ2v) is 11.7. The number of rotatable bonds is 6. The fourth-order valence-electron chi connectivity index (χ4n) is 2.65. The first-order valence-electron chi connectivity index (χ1n) is 7.95. The highest BCUT2D eigenvalue weighted by Crippen LogP contribution is 2.34. The van der Waals surface area contributed by atoms with Crippen LogP contribution in [0, 0.1) is 0 Å². The Kier molecular flexibility index (Phi) is 5.22. The number of fused-ring (bicyclic) bond motifs is 1. The van der Waals surface area contributed by atoms with E-state index in [2.05, 4.69) is 28.7 Å². The van der Waals surface area contributed by atoms with Crippen LogP contribution in [-0.2, 0) is 11.5 Å². The van der Waals surface area contributed by atoms with E-state index in [-0.39, 0.29) is 5.28 Å². The molecule has 2 aromatic heterocycles. The lowest BCUT2D eigenvalue weighted by molar-refractivity contribution is 0.0928. The number of nitrogens with two attached hydrogens (primary N) is 1. The zero-order chi connectivity index (χ0) is 18.0. The topological polar surface area (TPSA) is 66.0 Å². The molecule has 0 bridgehead atoms. The number of benzene rings is 1. The molecule has 0 unspecified atom stereocenters. The Hall–Kier alpha value is -1.76. The van der Waals surface area contributed by atoms with Crippen LogP contribution in [0.3, 0.4) is 0 Å². The molecule has 1 aromatic carbocycles. The summed E-state index contributed by atoms with van der Waals surface area (Å²) < 4.78 is 7.94. The van der Waals surface area contributed by atoms with Crippen LogP contribution in [0.1, 0.15) is 0 Å². The van der Waals surface area contributed by atoms with Gasteiger partial charge >= 0.3 is 0 Å². The molecule has 2 heterocycles. The lowest BCUT2D eigenvalue weighted by atomic mass is 10.1. The predicted molar refractivity (Wildman–Crippen MR) is 109 cm³/mol. The number of halogens is 1. The molecule has 0 fully saturated rings. The minimum Gasteiger partial charge on any atom is -0.397 e. The van der Waals surface area contributed by atoms with Crippen molar-refractivity contribution in [1.82, 2.24) is 14.5 Å². The fraction of sp³-hybridized carbons (Fsp3) is 0.333. The third-order valence-electron chi connectivity index (χ3n) is 3.90. The Labute approximate surface area is 154 Å². The monoisotopic (exact) mass is 378 g/mol. The minimum atomic E-state index is -0.562. The molecule has 0 saturated heterocycles. The van der Waals surface area contributed by atoms with E-state index in [1.165, 1.54) is 0 Å². The van der Waals surface area contributed by atoms with E-state index in [1.54, 1.807) is 6.20 Å². The standard InChI is InChI=1S/C18H23ClN4OS/c1-25(2,3)10-9-24-12-23-11-14(16-7-8-21-18(19)22-16)13-5-4-6-15(20)17(13)23/h4-8,11H,9-10,12,20H2,1-3H3. The number of nitrogens with zero attached hydrogens (tertiary/aromatic N) is 3. The number of hydrogen-bond donors (Lipinski definition) is 1. The second kappa shape index (κ2) is 7.23.